The summed E-state index contributed by atoms with van der Waals surface area (Å²) in [6.07, 6.45) is 3.87. The van der Waals surface area contributed by atoms with Gasteiger partial charge in [0.1, 0.15) is 12.0 Å². The number of aromatic nitrogens is 1. The van der Waals surface area contributed by atoms with Crippen LogP contribution in [0.5, 0.6) is 0 Å². The first-order valence-corrected chi connectivity index (χ1v) is 6.76. The van der Waals surface area contributed by atoms with Crippen LogP contribution in [0.4, 0.5) is 11.5 Å². The predicted molar refractivity (Wildman–Crippen MR) is 85.0 cm³/mol. The molecule has 112 valence electrons. The molecule has 0 radical (unpaired) electrons. The maximum Gasteiger partial charge on any atom is 0.287 e. The Bertz CT molecular complexity index is 745. The summed E-state index contributed by atoms with van der Waals surface area (Å²) in [5.41, 5.74) is 0.486. The Morgan fingerprint density at radius 3 is 2.64 bits per heavy atom. The second kappa shape index (κ2) is 7.02. The van der Waals surface area contributed by atoms with Crippen LogP contribution in [0.1, 0.15) is 5.56 Å². The molecule has 0 atom stereocenters. The highest BCUT2D eigenvalue weighted by Gasteiger charge is 2.06. The van der Waals surface area contributed by atoms with Crippen molar-refractivity contribution in [1.82, 2.24) is 4.98 Å². The molecule has 0 fully saturated rings. The fourth-order valence-corrected chi connectivity index (χ4v) is 2.01. The first-order valence-electron chi connectivity index (χ1n) is 6.00. The average Bonchev–Trinajstić information content (AvgIpc) is 2.47. The van der Waals surface area contributed by atoms with Crippen LogP contribution in [-0.2, 0) is 4.79 Å². The van der Waals surface area contributed by atoms with Crippen molar-refractivity contribution in [2.45, 2.75) is 0 Å². The fourth-order valence-electron chi connectivity index (χ4n) is 1.54. The van der Waals surface area contributed by atoms with Gasteiger partial charge in [-0.3, -0.25) is 14.9 Å². The van der Waals surface area contributed by atoms with E-state index in [4.69, 9.17) is 23.2 Å². The fraction of sp³-hybridized carbons (Fsp3) is 0. The molecule has 1 N–H and O–H groups in total. The van der Waals surface area contributed by atoms with Crippen molar-refractivity contribution < 1.29 is 9.72 Å². The van der Waals surface area contributed by atoms with Gasteiger partial charge in [-0.25, -0.2) is 4.98 Å². The molecule has 1 aromatic heterocycles. The molecule has 0 unspecified atom stereocenters. The van der Waals surface area contributed by atoms with Gasteiger partial charge < -0.3 is 5.32 Å². The number of halogens is 2. The van der Waals surface area contributed by atoms with Crippen LogP contribution in [0.25, 0.3) is 6.08 Å². The number of carbonyl (C=O) groups is 1. The third kappa shape index (κ3) is 4.28. The molecule has 22 heavy (non-hydrogen) atoms. The van der Waals surface area contributed by atoms with E-state index in [2.05, 4.69) is 10.3 Å². The van der Waals surface area contributed by atoms with E-state index in [0.29, 0.717) is 15.6 Å². The summed E-state index contributed by atoms with van der Waals surface area (Å²) in [5, 5.41) is 13.9. The van der Waals surface area contributed by atoms with Gasteiger partial charge in [-0.2, -0.15) is 0 Å². The number of rotatable bonds is 4. The minimum atomic E-state index is -0.568. The van der Waals surface area contributed by atoms with E-state index >= 15 is 0 Å². The molecule has 1 amide bonds. The maximum atomic E-state index is 11.7. The first kappa shape index (κ1) is 15.9. The summed E-state index contributed by atoms with van der Waals surface area (Å²) in [6.45, 7) is 0. The summed E-state index contributed by atoms with van der Waals surface area (Å²) in [4.78, 5) is 25.4. The highest BCUT2D eigenvalue weighted by molar-refractivity contribution is 6.35. The molecular weight excluding hydrogens is 329 g/mol. The van der Waals surface area contributed by atoms with Gasteiger partial charge in [-0.15, -0.1) is 0 Å². The maximum absolute atomic E-state index is 11.7. The zero-order valence-corrected chi connectivity index (χ0v) is 12.5. The summed E-state index contributed by atoms with van der Waals surface area (Å²) in [7, 11) is 0. The smallest absolute Gasteiger partial charge is 0.287 e. The Kier molecular flexibility index (Phi) is 5.08. The van der Waals surface area contributed by atoms with Crippen LogP contribution >= 0.6 is 23.2 Å². The van der Waals surface area contributed by atoms with E-state index in [0.717, 1.165) is 6.20 Å². The lowest BCUT2D eigenvalue weighted by Gasteiger charge is -2.01. The molecule has 0 aliphatic rings. The number of nitrogens with zero attached hydrogens (tertiary/aromatic N) is 2. The van der Waals surface area contributed by atoms with Crippen LogP contribution in [0, 0.1) is 10.1 Å². The van der Waals surface area contributed by atoms with Crippen LogP contribution in [0.2, 0.25) is 10.0 Å². The van der Waals surface area contributed by atoms with Gasteiger partial charge in [0.15, 0.2) is 0 Å². The van der Waals surface area contributed by atoms with Crippen molar-refractivity contribution in [2.24, 2.45) is 0 Å². The van der Waals surface area contributed by atoms with Gasteiger partial charge in [0.05, 0.1) is 4.92 Å². The molecule has 0 spiro atoms. The molecule has 8 heteroatoms. The Morgan fingerprint density at radius 2 is 2.05 bits per heavy atom. The van der Waals surface area contributed by atoms with Gasteiger partial charge in [0.25, 0.3) is 5.69 Å². The molecule has 6 nitrogen and oxygen atoms in total. The number of pyridine rings is 1. The molecule has 0 bridgehead atoms. The van der Waals surface area contributed by atoms with E-state index in [1.165, 1.54) is 24.3 Å². The Labute approximate surface area is 135 Å². The third-order valence-electron chi connectivity index (χ3n) is 2.59. The number of anilines is 1. The topological polar surface area (TPSA) is 85.1 Å². The molecule has 0 saturated carbocycles. The number of hydrogen-bond donors (Lipinski definition) is 1. The highest BCUT2D eigenvalue weighted by atomic mass is 35.5. The quantitative estimate of drug-likeness (QED) is 0.520. The average molecular weight is 338 g/mol. The number of nitrogens with one attached hydrogen (secondary N) is 1. The van der Waals surface area contributed by atoms with Crippen molar-refractivity contribution >= 4 is 46.7 Å². The number of amides is 1. The summed E-state index contributed by atoms with van der Waals surface area (Å²) in [5.74, 6) is -0.227. The minimum Gasteiger partial charge on any atom is -0.307 e. The molecule has 0 aliphatic heterocycles. The predicted octanol–water partition coefficient (Wildman–Crippen LogP) is 3.95. The highest BCUT2D eigenvalue weighted by Crippen LogP contribution is 2.22. The van der Waals surface area contributed by atoms with Crippen molar-refractivity contribution in [3.8, 4) is 0 Å². The SMILES string of the molecule is O=C(/C=C/c1ccc(Cl)cc1Cl)Nc1ccc([N+](=O)[O-])cn1. The van der Waals surface area contributed by atoms with Crippen LogP contribution in [-0.4, -0.2) is 15.8 Å². The molecular formula is C14H9Cl2N3O3. The number of carbonyl (C=O) groups excluding carboxylic acids is 1. The Balaban J connectivity index is 2.03. The summed E-state index contributed by atoms with van der Waals surface area (Å²) < 4.78 is 0. The number of benzene rings is 1. The van der Waals surface area contributed by atoms with Crippen molar-refractivity contribution in [3.05, 3.63) is 68.3 Å². The van der Waals surface area contributed by atoms with Crippen molar-refractivity contribution in [1.29, 1.82) is 0 Å². The van der Waals surface area contributed by atoms with Crippen LogP contribution < -0.4 is 5.32 Å². The zero-order valence-electron chi connectivity index (χ0n) is 11.0. The van der Waals surface area contributed by atoms with E-state index in [1.54, 1.807) is 18.2 Å². The largest absolute Gasteiger partial charge is 0.307 e. The normalized spacial score (nSPS) is 10.6. The van der Waals surface area contributed by atoms with Gasteiger partial charge in [0.2, 0.25) is 5.91 Å². The minimum absolute atomic E-state index is 0.151. The number of nitro groups is 1. The molecule has 2 aromatic rings. The van der Waals surface area contributed by atoms with E-state index in [9.17, 15) is 14.9 Å². The van der Waals surface area contributed by atoms with Gasteiger partial charge in [0, 0.05) is 22.2 Å². The zero-order chi connectivity index (χ0) is 16.1. The lowest BCUT2D eigenvalue weighted by molar-refractivity contribution is -0.385. The van der Waals surface area contributed by atoms with Gasteiger partial charge in [-0.1, -0.05) is 29.3 Å². The summed E-state index contributed by atoms with van der Waals surface area (Å²) in [6, 6.07) is 7.50. The number of hydrogen-bond acceptors (Lipinski definition) is 4. The second-order valence-electron chi connectivity index (χ2n) is 4.15. The molecule has 2 rings (SSSR count). The third-order valence-corrected chi connectivity index (χ3v) is 3.15. The van der Waals surface area contributed by atoms with Gasteiger partial charge >= 0.3 is 0 Å². The van der Waals surface area contributed by atoms with Crippen LogP contribution in [0.15, 0.2) is 42.6 Å². The molecule has 0 saturated heterocycles. The molecule has 1 heterocycles. The Hall–Kier alpha value is -2.44. The van der Waals surface area contributed by atoms with E-state index in [-0.39, 0.29) is 11.5 Å². The lowest BCUT2D eigenvalue weighted by Crippen LogP contribution is -2.09. The first-order chi connectivity index (χ1) is 10.5. The van der Waals surface area contributed by atoms with E-state index < -0.39 is 10.8 Å². The van der Waals surface area contributed by atoms with Crippen molar-refractivity contribution in [3.63, 3.8) is 0 Å². The van der Waals surface area contributed by atoms with Crippen molar-refractivity contribution in [2.75, 3.05) is 5.32 Å². The molecule has 1 aromatic carbocycles. The second-order valence-corrected chi connectivity index (χ2v) is 4.99. The monoisotopic (exact) mass is 337 g/mol. The Morgan fingerprint density at radius 1 is 1.27 bits per heavy atom. The van der Waals surface area contributed by atoms with E-state index in [1.807, 2.05) is 0 Å². The van der Waals surface area contributed by atoms with Crippen LogP contribution in [0.3, 0.4) is 0 Å². The summed E-state index contributed by atoms with van der Waals surface area (Å²) >= 11 is 11.8. The standard InChI is InChI=1S/C14H9Cl2N3O3/c15-10-3-1-9(12(16)7-10)2-6-14(20)18-13-5-4-11(8-17-13)19(21)22/h1-8H,(H,17,18,20)/b6-2+. The molecule has 0 aliphatic carbocycles. The lowest BCUT2D eigenvalue weighted by atomic mass is 10.2. The van der Waals surface area contributed by atoms with Gasteiger partial charge in [-0.05, 0) is 29.8 Å².